The molecule has 1 atom stereocenters. The average Bonchev–Trinajstić information content (AvgIpc) is 3.04. The molecule has 0 saturated carbocycles. The number of benzene rings is 2. The van der Waals surface area contributed by atoms with Crippen molar-refractivity contribution in [1.29, 1.82) is 0 Å². The smallest absolute Gasteiger partial charge is 0.220 e. The Balaban J connectivity index is 1.93. The van der Waals surface area contributed by atoms with Crippen LogP contribution in [0, 0.1) is 19.8 Å². The summed E-state index contributed by atoms with van der Waals surface area (Å²) in [6, 6.07) is 14.8. The Morgan fingerprint density at radius 2 is 1.85 bits per heavy atom. The lowest BCUT2D eigenvalue weighted by atomic mass is 9.85. The van der Waals surface area contributed by atoms with Gasteiger partial charge in [-0.2, -0.15) is 0 Å². The minimum Gasteiger partial charge on any atom is -0.361 e. The number of para-hydroxylation sites is 1. The second-order valence-electron chi connectivity index (χ2n) is 7.94. The summed E-state index contributed by atoms with van der Waals surface area (Å²) in [5.74, 6) is 0.751. The van der Waals surface area contributed by atoms with Crippen molar-refractivity contribution in [2.45, 2.75) is 46.5 Å². The molecule has 3 rings (SSSR count). The normalized spacial score (nSPS) is 12.5. The number of rotatable bonds is 7. The molecule has 0 spiro atoms. The van der Waals surface area contributed by atoms with Crippen LogP contribution in [0.15, 0.2) is 48.7 Å². The summed E-state index contributed by atoms with van der Waals surface area (Å²) in [4.78, 5) is 16.1. The molecule has 1 amide bonds. The van der Waals surface area contributed by atoms with Gasteiger partial charge in [-0.25, -0.2) is 0 Å². The van der Waals surface area contributed by atoms with Gasteiger partial charge in [0.1, 0.15) is 0 Å². The van der Waals surface area contributed by atoms with Crippen LogP contribution in [-0.4, -0.2) is 17.4 Å². The fraction of sp³-hybridized carbons (Fsp3) is 0.375. The number of H-pyrrole nitrogens is 1. The second-order valence-corrected chi connectivity index (χ2v) is 7.94. The fourth-order valence-electron chi connectivity index (χ4n) is 3.74. The molecule has 27 heavy (non-hydrogen) atoms. The molecule has 0 radical (unpaired) electrons. The maximum Gasteiger partial charge on any atom is 0.220 e. The number of aryl methyl sites for hydroxylation is 2. The second kappa shape index (κ2) is 8.43. The first-order valence-corrected chi connectivity index (χ1v) is 9.85. The van der Waals surface area contributed by atoms with E-state index in [1.165, 1.54) is 27.6 Å². The van der Waals surface area contributed by atoms with Gasteiger partial charge in [0, 0.05) is 36.0 Å². The van der Waals surface area contributed by atoms with Crippen LogP contribution in [0.25, 0.3) is 10.9 Å². The minimum atomic E-state index is 0.0424. The standard InChI is InChI=1S/C24H30N2O/c1-16(2)11-12-25-24(27)14-21(19-10-9-17(3)13-18(19)4)22-15-26-23-8-6-5-7-20(22)23/h5-10,13,15-16,21,26H,11-12,14H2,1-4H3,(H,25,27)/t21-/m1/s1. The van der Waals surface area contributed by atoms with Crippen LogP contribution in [0.1, 0.15) is 54.9 Å². The first-order chi connectivity index (χ1) is 13.0. The maximum atomic E-state index is 12.7. The summed E-state index contributed by atoms with van der Waals surface area (Å²) in [7, 11) is 0. The van der Waals surface area contributed by atoms with Crippen molar-refractivity contribution in [2.24, 2.45) is 5.92 Å². The summed E-state index contributed by atoms with van der Waals surface area (Å²) in [5, 5.41) is 4.30. The van der Waals surface area contributed by atoms with E-state index in [2.05, 4.69) is 80.6 Å². The molecule has 0 fully saturated rings. The summed E-state index contributed by atoms with van der Waals surface area (Å²) in [5.41, 5.74) is 6.01. The predicted octanol–water partition coefficient (Wildman–Crippen LogP) is 5.47. The van der Waals surface area contributed by atoms with Crippen LogP contribution in [0.3, 0.4) is 0 Å². The highest BCUT2D eigenvalue weighted by Gasteiger charge is 2.22. The monoisotopic (exact) mass is 362 g/mol. The van der Waals surface area contributed by atoms with Gasteiger partial charge >= 0.3 is 0 Å². The highest BCUT2D eigenvalue weighted by molar-refractivity contribution is 5.86. The minimum absolute atomic E-state index is 0.0424. The summed E-state index contributed by atoms with van der Waals surface area (Å²) in [6.07, 6.45) is 3.53. The van der Waals surface area contributed by atoms with Crippen LogP contribution in [0.4, 0.5) is 0 Å². The number of nitrogens with one attached hydrogen (secondary N) is 2. The Morgan fingerprint density at radius 1 is 1.07 bits per heavy atom. The van der Waals surface area contributed by atoms with Crippen LogP contribution >= 0.6 is 0 Å². The van der Waals surface area contributed by atoms with Crippen molar-refractivity contribution in [1.82, 2.24) is 10.3 Å². The predicted molar refractivity (Wildman–Crippen MR) is 113 cm³/mol. The molecule has 142 valence electrons. The lowest BCUT2D eigenvalue weighted by Gasteiger charge is -2.20. The number of amides is 1. The molecule has 3 heteroatoms. The van der Waals surface area contributed by atoms with E-state index in [0.717, 1.165) is 18.5 Å². The van der Waals surface area contributed by atoms with E-state index < -0.39 is 0 Å². The highest BCUT2D eigenvalue weighted by Crippen LogP contribution is 2.35. The Morgan fingerprint density at radius 3 is 2.59 bits per heavy atom. The van der Waals surface area contributed by atoms with E-state index in [1.807, 2.05) is 6.07 Å². The van der Waals surface area contributed by atoms with E-state index in [0.29, 0.717) is 12.3 Å². The van der Waals surface area contributed by atoms with Gasteiger partial charge in [-0.3, -0.25) is 4.79 Å². The van der Waals surface area contributed by atoms with Gasteiger partial charge < -0.3 is 10.3 Å². The quantitative estimate of drug-likeness (QED) is 0.575. The molecule has 3 nitrogen and oxygen atoms in total. The third-order valence-corrected chi connectivity index (χ3v) is 5.23. The lowest BCUT2D eigenvalue weighted by Crippen LogP contribution is -2.27. The molecule has 0 aliphatic carbocycles. The zero-order valence-electron chi connectivity index (χ0n) is 16.8. The van der Waals surface area contributed by atoms with Crippen molar-refractivity contribution in [3.05, 3.63) is 70.9 Å². The van der Waals surface area contributed by atoms with Crippen molar-refractivity contribution < 1.29 is 4.79 Å². The van der Waals surface area contributed by atoms with Crippen molar-refractivity contribution in [2.75, 3.05) is 6.54 Å². The summed E-state index contributed by atoms with van der Waals surface area (Å²) < 4.78 is 0. The Kier molecular flexibility index (Phi) is 6.00. The van der Waals surface area contributed by atoms with Gasteiger partial charge in [0.15, 0.2) is 0 Å². The number of aromatic amines is 1. The van der Waals surface area contributed by atoms with Gasteiger partial charge in [0.2, 0.25) is 5.91 Å². The molecule has 2 aromatic carbocycles. The molecule has 1 aromatic heterocycles. The van der Waals surface area contributed by atoms with E-state index in [4.69, 9.17) is 0 Å². The number of fused-ring (bicyclic) bond motifs is 1. The molecular formula is C24H30N2O. The van der Waals surface area contributed by atoms with Crippen molar-refractivity contribution >= 4 is 16.8 Å². The molecule has 3 aromatic rings. The Hall–Kier alpha value is -2.55. The van der Waals surface area contributed by atoms with Crippen LogP contribution in [0.2, 0.25) is 0 Å². The molecule has 0 unspecified atom stereocenters. The first kappa shape index (κ1) is 19.2. The average molecular weight is 363 g/mol. The van der Waals surface area contributed by atoms with E-state index in [1.54, 1.807) is 0 Å². The van der Waals surface area contributed by atoms with Crippen LogP contribution in [0.5, 0.6) is 0 Å². The zero-order valence-corrected chi connectivity index (χ0v) is 16.8. The fourth-order valence-corrected chi connectivity index (χ4v) is 3.74. The Bertz CT molecular complexity index is 923. The highest BCUT2D eigenvalue weighted by atomic mass is 16.1. The van der Waals surface area contributed by atoms with Crippen molar-refractivity contribution in [3.8, 4) is 0 Å². The lowest BCUT2D eigenvalue weighted by molar-refractivity contribution is -0.121. The van der Waals surface area contributed by atoms with Gasteiger partial charge in [-0.15, -0.1) is 0 Å². The number of carbonyl (C=O) groups excluding carboxylic acids is 1. The maximum absolute atomic E-state index is 12.7. The molecular weight excluding hydrogens is 332 g/mol. The van der Waals surface area contributed by atoms with Gasteiger partial charge in [0.25, 0.3) is 0 Å². The molecule has 0 saturated heterocycles. The molecule has 0 aliphatic heterocycles. The Labute approximate surface area is 162 Å². The topological polar surface area (TPSA) is 44.9 Å². The number of aromatic nitrogens is 1. The van der Waals surface area contributed by atoms with Crippen LogP contribution < -0.4 is 5.32 Å². The molecule has 1 heterocycles. The SMILES string of the molecule is Cc1ccc([C@@H](CC(=O)NCCC(C)C)c2c[nH]c3ccccc23)c(C)c1. The van der Waals surface area contributed by atoms with E-state index >= 15 is 0 Å². The summed E-state index contributed by atoms with van der Waals surface area (Å²) >= 11 is 0. The van der Waals surface area contributed by atoms with Gasteiger partial charge in [0.05, 0.1) is 0 Å². The molecule has 0 aliphatic rings. The van der Waals surface area contributed by atoms with E-state index in [9.17, 15) is 4.79 Å². The van der Waals surface area contributed by atoms with E-state index in [-0.39, 0.29) is 11.8 Å². The summed E-state index contributed by atoms with van der Waals surface area (Å²) in [6.45, 7) is 9.34. The number of hydrogen-bond acceptors (Lipinski definition) is 1. The van der Waals surface area contributed by atoms with Gasteiger partial charge in [-0.1, -0.05) is 55.8 Å². The third-order valence-electron chi connectivity index (χ3n) is 5.23. The zero-order chi connectivity index (χ0) is 19.4. The van der Waals surface area contributed by atoms with Crippen LogP contribution in [-0.2, 0) is 4.79 Å². The molecule has 0 bridgehead atoms. The number of hydrogen-bond donors (Lipinski definition) is 2. The van der Waals surface area contributed by atoms with Crippen molar-refractivity contribution in [3.63, 3.8) is 0 Å². The van der Waals surface area contributed by atoms with Gasteiger partial charge in [-0.05, 0) is 48.9 Å². The largest absolute Gasteiger partial charge is 0.361 e. The molecule has 2 N–H and O–H groups in total. The number of carbonyl (C=O) groups is 1. The third kappa shape index (κ3) is 4.60. The first-order valence-electron chi connectivity index (χ1n) is 9.85.